The van der Waals surface area contributed by atoms with Crippen LogP contribution in [-0.4, -0.2) is 28.0 Å². The van der Waals surface area contributed by atoms with Gasteiger partial charge in [-0.25, -0.2) is 8.42 Å². The number of anilines is 1. The molecule has 0 atom stereocenters. The van der Waals surface area contributed by atoms with Crippen molar-refractivity contribution in [2.45, 2.75) is 11.5 Å². The molecule has 0 spiro atoms. The minimum atomic E-state index is -3.75. The second-order valence-corrected chi connectivity index (χ2v) is 6.91. The Kier molecular flexibility index (Phi) is 6.31. The number of terminal acetylenes is 1. The first-order chi connectivity index (χ1) is 12.0. The Morgan fingerprint density at radius 3 is 2.68 bits per heavy atom. The van der Waals surface area contributed by atoms with E-state index in [9.17, 15) is 13.2 Å². The maximum absolute atomic E-state index is 12.4. The van der Waals surface area contributed by atoms with E-state index in [4.69, 9.17) is 11.2 Å². The highest BCUT2D eigenvalue weighted by atomic mass is 32.2. The Bertz CT molecular complexity index is 901. The van der Waals surface area contributed by atoms with Crippen molar-refractivity contribution in [2.75, 3.05) is 19.0 Å². The number of methoxy groups -OCH3 is 1. The summed E-state index contributed by atoms with van der Waals surface area (Å²) in [6.45, 7) is 0.309. The van der Waals surface area contributed by atoms with Crippen LogP contribution in [-0.2, 0) is 21.4 Å². The van der Waals surface area contributed by atoms with E-state index in [-0.39, 0.29) is 17.0 Å². The fourth-order valence-corrected chi connectivity index (χ4v) is 3.11. The topological polar surface area (TPSA) is 84.5 Å². The van der Waals surface area contributed by atoms with Crippen LogP contribution >= 0.6 is 0 Å². The first-order valence-corrected chi connectivity index (χ1v) is 8.87. The summed E-state index contributed by atoms with van der Waals surface area (Å²) >= 11 is 0. The van der Waals surface area contributed by atoms with E-state index in [0.29, 0.717) is 12.3 Å². The second-order valence-electron chi connectivity index (χ2n) is 5.14. The number of benzene rings is 2. The third-order valence-electron chi connectivity index (χ3n) is 3.27. The molecule has 0 aliphatic heterocycles. The number of amides is 1. The summed E-state index contributed by atoms with van der Waals surface area (Å²) in [7, 11) is -2.17. The van der Waals surface area contributed by atoms with E-state index in [1.807, 2.05) is 6.07 Å². The van der Waals surface area contributed by atoms with Gasteiger partial charge in [0.05, 0.1) is 18.0 Å². The van der Waals surface area contributed by atoms with Crippen molar-refractivity contribution in [2.24, 2.45) is 0 Å². The molecule has 2 aromatic rings. The highest BCUT2D eigenvalue weighted by molar-refractivity contribution is 7.89. The van der Waals surface area contributed by atoms with Gasteiger partial charge in [-0.15, -0.1) is 6.42 Å². The summed E-state index contributed by atoms with van der Waals surface area (Å²) in [4.78, 5) is 12.4. The van der Waals surface area contributed by atoms with Crippen molar-refractivity contribution in [3.8, 4) is 12.3 Å². The number of hydrogen-bond acceptors (Lipinski definition) is 4. The number of carbonyl (C=O) groups excluding carboxylic acids is 1. The summed E-state index contributed by atoms with van der Waals surface area (Å²) in [5, 5.41) is 2.74. The van der Waals surface area contributed by atoms with E-state index in [0.717, 1.165) is 5.56 Å². The summed E-state index contributed by atoms with van der Waals surface area (Å²) in [5.41, 5.74) is 1.73. The summed E-state index contributed by atoms with van der Waals surface area (Å²) in [6.07, 6.45) is 5.06. The molecule has 25 heavy (non-hydrogen) atoms. The lowest BCUT2D eigenvalue weighted by Gasteiger charge is -2.09. The largest absolute Gasteiger partial charge is 0.380 e. The van der Waals surface area contributed by atoms with Gasteiger partial charge in [0, 0.05) is 18.4 Å². The molecule has 0 aliphatic rings. The highest BCUT2D eigenvalue weighted by Crippen LogP contribution is 2.15. The summed E-state index contributed by atoms with van der Waals surface area (Å²) in [6, 6.07) is 12.9. The molecule has 6 nitrogen and oxygen atoms in total. The second kappa shape index (κ2) is 8.44. The fraction of sp³-hybridized carbons (Fsp3) is 0.167. The molecule has 7 heteroatoms. The molecule has 0 radical (unpaired) electrons. The Balaban J connectivity index is 2.19. The molecule has 0 unspecified atom stereocenters. The smallest absolute Gasteiger partial charge is 0.255 e. The Labute approximate surface area is 147 Å². The zero-order chi connectivity index (χ0) is 18.3. The molecule has 1 amide bonds. The van der Waals surface area contributed by atoms with Gasteiger partial charge in [0.15, 0.2) is 0 Å². The maximum Gasteiger partial charge on any atom is 0.255 e. The van der Waals surface area contributed by atoms with Crippen LogP contribution in [0.4, 0.5) is 5.69 Å². The molecule has 0 aliphatic carbocycles. The summed E-state index contributed by atoms with van der Waals surface area (Å²) < 4.78 is 31.5. The van der Waals surface area contributed by atoms with E-state index >= 15 is 0 Å². The van der Waals surface area contributed by atoms with Gasteiger partial charge in [0.2, 0.25) is 10.0 Å². The molecule has 0 bridgehead atoms. The van der Waals surface area contributed by atoms with Gasteiger partial charge < -0.3 is 10.1 Å². The first-order valence-electron chi connectivity index (χ1n) is 7.38. The number of rotatable bonds is 7. The molecular formula is C18H18N2O4S. The van der Waals surface area contributed by atoms with Gasteiger partial charge in [-0.05, 0) is 35.9 Å². The van der Waals surface area contributed by atoms with Gasteiger partial charge in [-0.1, -0.05) is 24.1 Å². The van der Waals surface area contributed by atoms with Gasteiger partial charge >= 0.3 is 0 Å². The van der Waals surface area contributed by atoms with Crippen molar-refractivity contribution >= 4 is 21.6 Å². The van der Waals surface area contributed by atoms with Crippen molar-refractivity contribution in [1.29, 1.82) is 0 Å². The minimum absolute atomic E-state index is 0.0245. The van der Waals surface area contributed by atoms with Crippen molar-refractivity contribution in [3.63, 3.8) is 0 Å². The SMILES string of the molecule is C#CCNS(=O)(=O)c1cccc(C(=O)Nc2cccc(COC)c2)c1. The van der Waals surface area contributed by atoms with Crippen molar-refractivity contribution < 1.29 is 17.9 Å². The molecule has 0 aromatic heterocycles. The third kappa shape index (κ3) is 5.16. The van der Waals surface area contributed by atoms with E-state index in [1.54, 1.807) is 25.3 Å². The monoisotopic (exact) mass is 358 g/mol. The number of sulfonamides is 1. The highest BCUT2D eigenvalue weighted by Gasteiger charge is 2.15. The molecule has 2 aromatic carbocycles. The number of hydrogen-bond donors (Lipinski definition) is 2. The van der Waals surface area contributed by atoms with Crippen LogP contribution in [0.15, 0.2) is 53.4 Å². The van der Waals surface area contributed by atoms with Crippen LogP contribution in [0, 0.1) is 12.3 Å². The Morgan fingerprint density at radius 1 is 1.20 bits per heavy atom. The first kappa shape index (κ1) is 18.7. The average Bonchev–Trinajstić information content (AvgIpc) is 2.61. The van der Waals surface area contributed by atoms with Crippen LogP contribution in [0.3, 0.4) is 0 Å². The molecule has 130 valence electrons. The van der Waals surface area contributed by atoms with Gasteiger partial charge in [0.1, 0.15) is 0 Å². The van der Waals surface area contributed by atoms with Crippen LogP contribution < -0.4 is 10.0 Å². The quantitative estimate of drug-likeness (QED) is 0.742. The number of ether oxygens (including phenoxy) is 1. The van der Waals surface area contributed by atoms with Gasteiger partial charge in [0.25, 0.3) is 5.91 Å². The molecule has 2 rings (SSSR count). The standard InChI is InChI=1S/C18H18N2O4S/c1-3-10-19-25(22,23)17-9-5-7-15(12-17)18(21)20-16-8-4-6-14(11-16)13-24-2/h1,4-9,11-12,19H,10,13H2,2H3,(H,20,21). The Morgan fingerprint density at radius 2 is 1.96 bits per heavy atom. The normalized spacial score (nSPS) is 10.9. The van der Waals surface area contributed by atoms with Gasteiger partial charge in [-0.3, -0.25) is 4.79 Å². The van der Waals surface area contributed by atoms with E-state index in [2.05, 4.69) is 16.0 Å². The number of carbonyl (C=O) groups is 1. The summed E-state index contributed by atoms with van der Waals surface area (Å²) in [5.74, 6) is 1.79. The molecule has 0 saturated heterocycles. The average molecular weight is 358 g/mol. The predicted molar refractivity (Wildman–Crippen MR) is 95.6 cm³/mol. The van der Waals surface area contributed by atoms with Crippen molar-refractivity contribution in [1.82, 2.24) is 4.72 Å². The minimum Gasteiger partial charge on any atom is -0.380 e. The van der Waals surface area contributed by atoms with Crippen LogP contribution in [0.2, 0.25) is 0 Å². The van der Waals surface area contributed by atoms with E-state index in [1.165, 1.54) is 24.3 Å². The Hall–Kier alpha value is -2.66. The predicted octanol–water partition coefficient (Wildman–Crippen LogP) is 2.00. The van der Waals surface area contributed by atoms with Gasteiger partial charge in [-0.2, -0.15) is 4.72 Å². The van der Waals surface area contributed by atoms with E-state index < -0.39 is 15.9 Å². The zero-order valence-electron chi connectivity index (χ0n) is 13.7. The third-order valence-corrected chi connectivity index (χ3v) is 4.67. The lowest BCUT2D eigenvalue weighted by atomic mass is 10.2. The lowest BCUT2D eigenvalue weighted by molar-refractivity contribution is 0.102. The van der Waals surface area contributed by atoms with Crippen LogP contribution in [0.5, 0.6) is 0 Å². The molecular weight excluding hydrogens is 340 g/mol. The maximum atomic E-state index is 12.4. The molecule has 0 saturated carbocycles. The number of nitrogens with one attached hydrogen (secondary N) is 2. The molecule has 2 N–H and O–H groups in total. The fourth-order valence-electron chi connectivity index (χ4n) is 2.13. The molecule has 0 fully saturated rings. The lowest BCUT2D eigenvalue weighted by Crippen LogP contribution is -2.24. The molecule has 0 heterocycles. The zero-order valence-corrected chi connectivity index (χ0v) is 14.5. The van der Waals surface area contributed by atoms with Crippen molar-refractivity contribution in [3.05, 3.63) is 59.7 Å². The van der Waals surface area contributed by atoms with Crippen LogP contribution in [0.1, 0.15) is 15.9 Å². The van der Waals surface area contributed by atoms with Crippen LogP contribution in [0.25, 0.3) is 0 Å².